The van der Waals surface area contributed by atoms with Crippen LogP contribution < -0.4 is 0 Å². The summed E-state index contributed by atoms with van der Waals surface area (Å²) in [5.41, 5.74) is 1.11. The van der Waals surface area contributed by atoms with Gasteiger partial charge in [-0.25, -0.2) is 4.39 Å². The summed E-state index contributed by atoms with van der Waals surface area (Å²) in [6.45, 7) is 4.08. The highest BCUT2D eigenvalue weighted by Gasteiger charge is 2.13. The molecule has 0 fully saturated rings. The fourth-order valence-corrected chi connectivity index (χ4v) is 1.64. The van der Waals surface area contributed by atoms with Crippen molar-refractivity contribution in [2.24, 2.45) is 5.16 Å². The lowest BCUT2D eigenvalue weighted by atomic mass is 9.94. The highest BCUT2D eigenvalue weighted by atomic mass is 19.1. The van der Waals surface area contributed by atoms with Crippen LogP contribution in [0.25, 0.3) is 0 Å². The number of hydrogen-bond acceptors (Lipinski definition) is 3. The van der Waals surface area contributed by atoms with E-state index in [1.807, 2.05) is 6.92 Å². The molecule has 0 saturated carbocycles. The second kappa shape index (κ2) is 5.44. The molecular formula is C11H15FN2O. The van der Waals surface area contributed by atoms with Gasteiger partial charge in [0.25, 0.3) is 0 Å². The van der Waals surface area contributed by atoms with E-state index in [0.717, 1.165) is 30.8 Å². The maximum Gasteiger partial charge on any atom is 0.150 e. The number of hydrogen-bond donors (Lipinski definition) is 1. The van der Waals surface area contributed by atoms with Crippen LogP contribution in [0, 0.1) is 5.82 Å². The SMILES string of the molecule is CCCC(C)c1cncc(F)c1/C=N/O. The zero-order chi connectivity index (χ0) is 11.3. The average molecular weight is 210 g/mol. The summed E-state index contributed by atoms with van der Waals surface area (Å²) in [7, 11) is 0. The summed E-state index contributed by atoms with van der Waals surface area (Å²) in [6.07, 6.45) is 5.85. The molecular weight excluding hydrogens is 195 g/mol. The Labute approximate surface area is 88.6 Å². The zero-order valence-corrected chi connectivity index (χ0v) is 8.94. The summed E-state index contributed by atoms with van der Waals surface area (Å²) >= 11 is 0. The lowest BCUT2D eigenvalue weighted by molar-refractivity contribution is 0.321. The number of nitrogens with zero attached hydrogens (tertiary/aromatic N) is 2. The normalized spacial score (nSPS) is 13.3. The van der Waals surface area contributed by atoms with E-state index >= 15 is 0 Å². The molecule has 0 spiro atoms. The van der Waals surface area contributed by atoms with Crippen LogP contribution >= 0.6 is 0 Å². The fraction of sp³-hybridized carbons (Fsp3) is 0.455. The first-order valence-electron chi connectivity index (χ1n) is 5.01. The van der Waals surface area contributed by atoms with Crippen LogP contribution in [0.2, 0.25) is 0 Å². The number of rotatable bonds is 4. The smallest absolute Gasteiger partial charge is 0.150 e. The van der Waals surface area contributed by atoms with Gasteiger partial charge in [0.05, 0.1) is 12.4 Å². The minimum absolute atomic E-state index is 0.214. The summed E-state index contributed by atoms with van der Waals surface area (Å²) in [5, 5.41) is 11.3. The minimum atomic E-state index is -0.451. The molecule has 82 valence electrons. The molecule has 1 heterocycles. The van der Waals surface area contributed by atoms with Crippen molar-refractivity contribution in [3.05, 3.63) is 29.3 Å². The first-order chi connectivity index (χ1) is 7.20. The highest BCUT2D eigenvalue weighted by Crippen LogP contribution is 2.23. The van der Waals surface area contributed by atoms with Gasteiger partial charge in [0.2, 0.25) is 0 Å². The molecule has 0 amide bonds. The van der Waals surface area contributed by atoms with Crippen LogP contribution in [0.1, 0.15) is 43.7 Å². The third-order valence-electron chi connectivity index (χ3n) is 2.41. The molecule has 1 rings (SSSR count). The summed E-state index contributed by atoms with van der Waals surface area (Å²) in [5.74, 6) is -0.237. The van der Waals surface area contributed by atoms with E-state index in [9.17, 15) is 4.39 Å². The van der Waals surface area contributed by atoms with Gasteiger partial charge in [0.1, 0.15) is 0 Å². The predicted molar refractivity (Wildman–Crippen MR) is 56.9 cm³/mol. The third kappa shape index (κ3) is 2.75. The van der Waals surface area contributed by atoms with Gasteiger partial charge in [-0.3, -0.25) is 4.98 Å². The molecule has 1 atom stereocenters. The van der Waals surface area contributed by atoms with Crippen LogP contribution in [-0.2, 0) is 0 Å². The number of halogens is 1. The van der Waals surface area contributed by atoms with Gasteiger partial charge in [-0.15, -0.1) is 0 Å². The molecule has 0 radical (unpaired) electrons. The van der Waals surface area contributed by atoms with Crippen LogP contribution in [0.5, 0.6) is 0 Å². The molecule has 0 aliphatic rings. The minimum Gasteiger partial charge on any atom is -0.411 e. The quantitative estimate of drug-likeness (QED) is 0.471. The van der Waals surface area contributed by atoms with Crippen molar-refractivity contribution in [2.75, 3.05) is 0 Å². The largest absolute Gasteiger partial charge is 0.411 e. The molecule has 0 saturated heterocycles. The van der Waals surface area contributed by atoms with Gasteiger partial charge in [0, 0.05) is 11.8 Å². The summed E-state index contributed by atoms with van der Waals surface area (Å²) < 4.78 is 13.4. The predicted octanol–water partition coefficient (Wildman–Crippen LogP) is 2.93. The molecule has 0 bridgehead atoms. The maximum absolute atomic E-state index is 13.4. The Morgan fingerprint density at radius 3 is 2.93 bits per heavy atom. The number of oxime groups is 1. The maximum atomic E-state index is 13.4. The van der Waals surface area contributed by atoms with Crippen LogP contribution in [0.15, 0.2) is 17.5 Å². The fourth-order valence-electron chi connectivity index (χ4n) is 1.64. The lowest BCUT2D eigenvalue weighted by Crippen LogP contribution is -2.03. The van der Waals surface area contributed by atoms with E-state index in [4.69, 9.17) is 5.21 Å². The number of pyridine rings is 1. The topological polar surface area (TPSA) is 45.5 Å². The molecule has 1 unspecified atom stereocenters. The standard InChI is InChI=1S/C11H15FN2O/c1-3-4-8(2)9-5-13-7-11(12)10(9)6-14-15/h5-8,15H,3-4H2,1-2H3/b14-6+. The van der Waals surface area contributed by atoms with Crippen molar-refractivity contribution in [1.82, 2.24) is 4.98 Å². The third-order valence-corrected chi connectivity index (χ3v) is 2.41. The Balaban J connectivity index is 3.10. The Kier molecular flexibility index (Phi) is 4.21. The Morgan fingerprint density at radius 1 is 1.60 bits per heavy atom. The van der Waals surface area contributed by atoms with E-state index in [1.165, 1.54) is 0 Å². The first kappa shape index (κ1) is 11.6. The van der Waals surface area contributed by atoms with Gasteiger partial charge in [-0.2, -0.15) is 0 Å². The molecule has 0 aromatic carbocycles. The molecule has 1 N–H and O–H groups in total. The highest BCUT2D eigenvalue weighted by molar-refractivity contribution is 5.81. The Morgan fingerprint density at radius 2 is 2.33 bits per heavy atom. The summed E-state index contributed by atoms with van der Waals surface area (Å²) in [6, 6.07) is 0. The van der Waals surface area contributed by atoms with Crippen LogP contribution in [0.4, 0.5) is 4.39 Å². The molecule has 1 aromatic rings. The molecule has 0 aliphatic carbocycles. The molecule has 0 aliphatic heterocycles. The monoisotopic (exact) mass is 210 g/mol. The molecule has 4 heteroatoms. The van der Waals surface area contributed by atoms with Crippen molar-refractivity contribution in [2.45, 2.75) is 32.6 Å². The molecule has 15 heavy (non-hydrogen) atoms. The van der Waals surface area contributed by atoms with E-state index in [0.29, 0.717) is 5.56 Å². The van der Waals surface area contributed by atoms with Gasteiger partial charge in [-0.05, 0) is 17.9 Å². The summed E-state index contributed by atoms with van der Waals surface area (Å²) in [4.78, 5) is 3.81. The van der Waals surface area contributed by atoms with Crippen molar-refractivity contribution < 1.29 is 9.60 Å². The van der Waals surface area contributed by atoms with Crippen molar-refractivity contribution in [3.8, 4) is 0 Å². The van der Waals surface area contributed by atoms with Gasteiger partial charge in [0.15, 0.2) is 5.82 Å². The second-order valence-electron chi connectivity index (χ2n) is 3.56. The van der Waals surface area contributed by atoms with Crippen molar-refractivity contribution in [3.63, 3.8) is 0 Å². The lowest BCUT2D eigenvalue weighted by Gasteiger charge is -2.12. The van der Waals surface area contributed by atoms with Crippen LogP contribution in [-0.4, -0.2) is 16.4 Å². The molecule has 3 nitrogen and oxygen atoms in total. The van der Waals surface area contributed by atoms with Gasteiger partial charge < -0.3 is 5.21 Å². The van der Waals surface area contributed by atoms with Gasteiger partial charge in [-0.1, -0.05) is 25.4 Å². The van der Waals surface area contributed by atoms with Gasteiger partial charge >= 0.3 is 0 Å². The second-order valence-corrected chi connectivity index (χ2v) is 3.56. The number of aromatic nitrogens is 1. The zero-order valence-electron chi connectivity index (χ0n) is 8.94. The Hall–Kier alpha value is -1.45. The van der Waals surface area contributed by atoms with E-state index in [-0.39, 0.29) is 5.92 Å². The van der Waals surface area contributed by atoms with Crippen molar-refractivity contribution in [1.29, 1.82) is 0 Å². The van der Waals surface area contributed by atoms with E-state index < -0.39 is 5.82 Å². The van der Waals surface area contributed by atoms with Crippen LogP contribution in [0.3, 0.4) is 0 Å². The van der Waals surface area contributed by atoms with E-state index in [1.54, 1.807) is 6.20 Å². The van der Waals surface area contributed by atoms with Crippen molar-refractivity contribution >= 4 is 6.21 Å². The van der Waals surface area contributed by atoms with E-state index in [2.05, 4.69) is 17.1 Å². The first-order valence-corrected chi connectivity index (χ1v) is 5.01. The molecule has 1 aromatic heterocycles. The Bertz CT molecular complexity index is 352. The average Bonchev–Trinajstić information content (AvgIpc) is 2.21.